The Morgan fingerprint density at radius 2 is 2.24 bits per heavy atom. The second-order valence-electron chi connectivity index (χ2n) is 6.77. The molecule has 2 aliphatic heterocycles. The van der Waals surface area contributed by atoms with Gasteiger partial charge in [-0.1, -0.05) is 6.92 Å². The maximum atomic E-state index is 13.3. The van der Waals surface area contributed by atoms with Crippen LogP contribution in [0.1, 0.15) is 59.5 Å². The first-order valence-electron chi connectivity index (χ1n) is 8.50. The van der Waals surface area contributed by atoms with E-state index in [1.165, 1.54) is 13.3 Å². The maximum absolute atomic E-state index is 13.3. The molecular weight excluding hydrogens is 328 g/mol. The van der Waals surface area contributed by atoms with E-state index in [1.807, 2.05) is 6.92 Å². The minimum atomic E-state index is -1.33. The van der Waals surface area contributed by atoms with Crippen LogP contribution in [-0.2, 0) is 4.74 Å². The molecule has 1 saturated heterocycles. The molecule has 0 aromatic carbocycles. The maximum Gasteiger partial charge on any atom is 0.341 e. The smallest absolute Gasteiger partial charge is 0.341 e. The Balaban J connectivity index is 2.02. The van der Waals surface area contributed by atoms with Crippen molar-refractivity contribution < 1.29 is 24.2 Å². The Labute approximate surface area is 143 Å². The van der Waals surface area contributed by atoms with Crippen LogP contribution in [0.3, 0.4) is 0 Å². The summed E-state index contributed by atoms with van der Waals surface area (Å²) in [6, 6.07) is -0.273. The number of hydrogen-bond acceptors (Lipinski definition) is 5. The highest BCUT2D eigenvalue weighted by atomic mass is 16.5. The van der Waals surface area contributed by atoms with E-state index in [-0.39, 0.29) is 29.4 Å². The lowest BCUT2D eigenvalue weighted by molar-refractivity contribution is -0.101. The van der Waals surface area contributed by atoms with Gasteiger partial charge in [0.15, 0.2) is 17.2 Å². The largest absolute Gasteiger partial charge is 0.491 e. The van der Waals surface area contributed by atoms with Gasteiger partial charge in [-0.05, 0) is 25.7 Å². The van der Waals surface area contributed by atoms with Crippen LogP contribution >= 0.6 is 0 Å². The summed E-state index contributed by atoms with van der Waals surface area (Å²) in [6.07, 6.45) is 4.34. The zero-order valence-corrected chi connectivity index (χ0v) is 14.2. The lowest BCUT2D eigenvalue weighted by Gasteiger charge is -2.46. The van der Waals surface area contributed by atoms with Gasteiger partial charge in [-0.2, -0.15) is 0 Å². The van der Waals surface area contributed by atoms with Crippen LogP contribution in [0.2, 0.25) is 0 Å². The predicted molar refractivity (Wildman–Crippen MR) is 86.0 cm³/mol. The molecule has 8 nitrogen and oxygen atoms in total. The summed E-state index contributed by atoms with van der Waals surface area (Å²) in [4.78, 5) is 39.0. The molecule has 1 saturated carbocycles. The van der Waals surface area contributed by atoms with Crippen molar-refractivity contribution in [2.45, 2.75) is 50.4 Å². The van der Waals surface area contributed by atoms with Crippen molar-refractivity contribution in [3.63, 3.8) is 0 Å². The molecule has 3 aliphatic rings. The molecule has 0 unspecified atom stereocenters. The number of ether oxygens (including phenoxy) is 2. The fraction of sp³-hybridized carbons (Fsp3) is 0.588. The van der Waals surface area contributed by atoms with Crippen molar-refractivity contribution in [2.24, 2.45) is 0 Å². The van der Waals surface area contributed by atoms with Crippen LogP contribution in [0, 0.1) is 0 Å². The summed E-state index contributed by atoms with van der Waals surface area (Å²) in [7, 11) is 1.28. The molecule has 1 aliphatic carbocycles. The van der Waals surface area contributed by atoms with Gasteiger partial charge in [-0.15, -0.1) is 0 Å². The standard InChI is InChI=1S/C17H20N2O6/c1-3-9-8-25-17-6-4-5-11(17)18-7-10(16(22)23)13(20)14(24-2)12(18)15(21)19(9)17/h7,9,11H,3-6,8H2,1-2H3,(H,22,23)/t9-,11+,17+/m1/s1. The molecule has 1 N–H and O–H groups in total. The van der Waals surface area contributed by atoms with Crippen molar-refractivity contribution in [3.8, 4) is 5.75 Å². The van der Waals surface area contributed by atoms with E-state index in [1.54, 1.807) is 9.47 Å². The number of hydrogen-bond donors (Lipinski definition) is 1. The topological polar surface area (TPSA) is 98.1 Å². The summed E-state index contributed by atoms with van der Waals surface area (Å²) < 4.78 is 12.9. The van der Waals surface area contributed by atoms with E-state index < -0.39 is 22.7 Å². The first-order chi connectivity index (χ1) is 12.0. The second-order valence-corrected chi connectivity index (χ2v) is 6.77. The van der Waals surface area contributed by atoms with Gasteiger partial charge in [-0.25, -0.2) is 4.79 Å². The van der Waals surface area contributed by atoms with Crippen LogP contribution in [0.5, 0.6) is 5.75 Å². The minimum absolute atomic E-state index is 0.0548. The van der Waals surface area contributed by atoms with Gasteiger partial charge in [0, 0.05) is 6.20 Å². The molecule has 1 spiro atoms. The number of carboxylic acid groups (broad SMARTS) is 1. The molecule has 1 amide bonds. The van der Waals surface area contributed by atoms with Gasteiger partial charge in [0.1, 0.15) is 5.56 Å². The molecule has 0 radical (unpaired) electrons. The van der Waals surface area contributed by atoms with Gasteiger partial charge in [-0.3, -0.25) is 9.59 Å². The van der Waals surface area contributed by atoms with Crippen LogP contribution in [0.4, 0.5) is 0 Å². The Morgan fingerprint density at radius 1 is 1.48 bits per heavy atom. The second kappa shape index (κ2) is 5.32. The minimum Gasteiger partial charge on any atom is -0.491 e. The molecule has 2 fully saturated rings. The summed E-state index contributed by atoms with van der Waals surface area (Å²) in [5, 5.41) is 9.36. The van der Waals surface area contributed by atoms with Crippen molar-refractivity contribution in [1.82, 2.24) is 9.47 Å². The van der Waals surface area contributed by atoms with Crippen LogP contribution in [0.25, 0.3) is 0 Å². The number of amides is 1. The van der Waals surface area contributed by atoms with E-state index in [0.29, 0.717) is 13.0 Å². The number of nitrogens with zero attached hydrogens (tertiary/aromatic N) is 2. The van der Waals surface area contributed by atoms with Gasteiger partial charge in [0.2, 0.25) is 5.43 Å². The summed E-state index contributed by atoms with van der Waals surface area (Å²) in [5.41, 5.74) is -1.79. The van der Waals surface area contributed by atoms with Gasteiger partial charge in [0.25, 0.3) is 5.91 Å². The van der Waals surface area contributed by atoms with E-state index in [9.17, 15) is 19.5 Å². The number of rotatable bonds is 3. The van der Waals surface area contributed by atoms with Crippen LogP contribution in [-0.4, -0.2) is 51.9 Å². The summed E-state index contributed by atoms with van der Waals surface area (Å²) >= 11 is 0. The van der Waals surface area contributed by atoms with E-state index in [0.717, 1.165) is 19.3 Å². The zero-order chi connectivity index (χ0) is 17.9. The van der Waals surface area contributed by atoms with Gasteiger partial charge in [0.05, 0.1) is 25.8 Å². The number of carboxylic acids is 1. The van der Waals surface area contributed by atoms with E-state index in [2.05, 4.69) is 0 Å². The Hall–Kier alpha value is -2.35. The van der Waals surface area contributed by atoms with Crippen molar-refractivity contribution in [1.29, 1.82) is 0 Å². The van der Waals surface area contributed by atoms with Crippen LogP contribution in [0.15, 0.2) is 11.0 Å². The highest BCUT2D eigenvalue weighted by Gasteiger charge is 2.61. The highest BCUT2D eigenvalue weighted by Crippen LogP contribution is 2.53. The Kier molecular flexibility index (Phi) is 3.44. The number of methoxy groups -OCH3 is 1. The summed E-state index contributed by atoms with van der Waals surface area (Å²) in [5.74, 6) is -1.86. The lowest BCUT2D eigenvalue weighted by atomic mass is 9.97. The third-order valence-electron chi connectivity index (χ3n) is 5.69. The van der Waals surface area contributed by atoms with Gasteiger partial charge >= 0.3 is 5.97 Å². The number of pyridine rings is 1. The average Bonchev–Trinajstić information content (AvgIpc) is 3.18. The molecule has 134 valence electrons. The summed E-state index contributed by atoms with van der Waals surface area (Å²) in [6.45, 7) is 2.45. The van der Waals surface area contributed by atoms with Crippen molar-refractivity contribution in [3.05, 3.63) is 27.7 Å². The SMILES string of the molecule is CC[C@@H]1CO[C@@]23CCC[C@@H]2n2cc(C(=O)O)c(=O)c(OC)c2C(=O)N13. The van der Waals surface area contributed by atoms with Crippen molar-refractivity contribution >= 4 is 11.9 Å². The number of carbonyl (C=O) groups excluding carboxylic acids is 1. The molecule has 3 heterocycles. The molecule has 0 bridgehead atoms. The first kappa shape index (κ1) is 16.1. The fourth-order valence-electron chi connectivity index (χ4n) is 4.60. The van der Waals surface area contributed by atoms with Gasteiger partial charge < -0.3 is 24.0 Å². The third-order valence-corrected chi connectivity index (χ3v) is 5.69. The molecule has 1 aromatic rings. The van der Waals surface area contributed by atoms with Crippen LogP contribution < -0.4 is 10.2 Å². The normalized spacial score (nSPS) is 30.0. The van der Waals surface area contributed by atoms with E-state index >= 15 is 0 Å². The quantitative estimate of drug-likeness (QED) is 0.882. The molecule has 3 atom stereocenters. The molecule has 8 heteroatoms. The first-order valence-corrected chi connectivity index (χ1v) is 8.50. The Bertz CT molecular complexity index is 831. The van der Waals surface area contributed by atoms with Crippen molar-refractivity contribution in [2.75, 3.05) is 13.7 Å². The monoisotopic (exact) mass is 348 g/mol. The predicted octanol–water partition coefficient (Wildman–Crippen LogP) is 1.24. The number of aromatic nitrogens is 1. The number of fused-ring (bicyclic) bond motifs is 2. The molecular formula is C17H20N2O6. The Morgan fingerprint density at radius 3 is 2.88 bits per heavy atom. The average molecular weight is 348 g/mol. The fourth-order valence-corrected chi connectivity index (χ4v) is 4.60. The zero-order valence-electron chi connectivity index (χ0n) is 14.2. The van der Waals surface area contributed by atoms with E-state index in [4.69, 9.17) is 9.47 Å². The highest BCUT2D eigenvalue weighted by molar-refractivity contribution is 5.98. The number of aromatic carboxylic acids is 1. The molecule has 25 heavy (non-hydrogen) atoms. The lowest BCUT2D eigenvalue weighted by Crippen LogP contribution is -2.58. The molecule has 4 rings (SSSR count). The molecule has 1 aromatic heterocycles. The third kappa shape index (κ3) is 1.88. The number of carbonyl (C=O) groups is 2.